The quantitative estimate of drug-likeness (QED) is 0.191. The number of ether oxygens (including phenoxy) is 2. The van der Waals surface area contributed by atoms with Crippen molar-refractivity contribution in [1.82, 2.24) is 20.7 Å². The van der Waals surface area contributed by atoms with E-state index in [4.69, 9.17) is 15.2 Å². The van der Waals surface area contributed by atoms with Gasteiger partial charge >= 0.3 is 12.2 Å². The Labute approximate surface area is 243 Å². The largest absolute Gasteiger partial charge is 0.450 e. The van der Waals surface area contributed by atoms with Gasteiger partial charge in [0.2, 0.25) is 5.91 Å². The number of carbonyl (C=O) groups is 4. The zero-order chi connectivity index (χ0) is 30.5. The van der Waals surface area contributed by atoms with Gasteiger partial charge < -0.3 is 25.4 Å². The molecule has 2 atom stereocenters. The number of hydrogen-bond acceptors (Lipinski definition) is 9. The molecule has 14 heteroatoms. The van der Waals surface area contributed by atoms with Gasteiger partial charge in [0.15, 0.2) is 0 Å². The van der Waals surface area contributed by atoms with E-state index in [1.165, 1.54) is 29.2 Å². The third kappa shape index (κ3) is 9.16. The molecule has 1 heterocycles. The summed E-state index contributed by atoms with van der Waals surface area (Å²) in [6, 6.07) is 12.2. The number of nitrogens with one attached hydrogen (secondary N) is 2. The standard InChI is InChI=1S/C28H36N6O8/c1-2-41-27(37)30-23(19-20-9-4-3-5-10-20)26(36)32-17-8-11-24(32)25(35)31-33(18-7-6-16-29)28(38)42-22-14-12-21(13-15-22)34(39)40/h3-5,9-10,12-15,23-24H,2,6-8,11,16-19,29H2,1H3,(H,30,37)(H,31,35)/t23-,24+/m1/s1. The molecule has 1 aliphatic rings. The van der Waals surface area contributed by atoms with Gasteiger partial charge in [0.25, 0.3) is 11.6 Å². The van der Waals surface area contributed by atoms with Crippen molar-refractivity contribution in [3.63, 3.8) is 0 Å². The highest BCUT2D eigenvalue weighted by Crippen LogP contribution is 2.21. The number of amides is 4. The first kappa shape index (κ1) is 31.8. The molecule has 0 bridgehead atoms. The van der Waals surface area contributed by atoms with E-state index in [1.54, 1.807) is 6.92 Å². The second kappa shape index (κ2) is 15.9. The summed E-state index contributed by atoms with van der Waals surface area (Å²) < 4.78 is 10.3. The van der Waals surface area contributed by atoms with Crippen molar-refractivity contribution in [2.45, 2.75) is 51.1 Å². The molecule has 0 unspecified atom stereocenters. The minimum Gasteiger partial charge on any atom is -0.450 e. The van der Waals surface area contributed by atoms with Crippen molar-refractivity contribution in [2.24, 2.45) is 5.73 Å². The Morgan fingerprint density at radius 2 is 1.83 bits per heavy atom. The van der Waals surface area contributed by atoms with Gasteiger partial charge in [-0.1, -0.05) is 30.3 Å². The molecular weight excluding hydrogens is 548 g/mol. The topological polar surface area (TPSA) is 186 Å². The molecule has 0 aliphatic carbocycles. The highest BCUT2D eigenvalue weighted by molar-refractivity contribution is 5.92. The predicted octanol–water partition coefficient (Wildman–Crippen LogP) is 2.51. The summed E-state index contributed by atoms with van der Waals surface area (Å²) in [4.78, 5) is 64.0. The van der Waals surface area contributed by atoms with E-state index in [9.17, 15) is 29.3 Å². The van der Waals surface area contributed by atoms with Crippen LogP contribution < -0.4 is 21.2 Å². The molecule has 3 rings (SSSR count). The van der Waals surface area contributed by atoms with Gasteiger partial charge in [0.05, 0.1) is 11.5 Å². The first-order valence-corrected chi connectivity index (χ1v) is 13.8. The summed E-state index contributed by atoms with van der Waals surface area (Å²) in [5.41, 5.74) is 8.79. The van der Waals surface area contributed by atoms with Crippen LogP contribution >= 0.6 is 0 Å². The third-order valence-electron chi connectivity index (χ3n) is 6.54. The maximum Gasteiger partial charge on any atom is 0.434 e. The third-order valence-corrected chi connectivity index (χ3v) is 6.54. The number of carbonyl (C=O) groups excluding carboxylic acids is 4. The number of non-ortho nitro benzene ring substituents is 1. The summed E-state index contributed by atoms with van der Waals surface area (Å²) in [6.07, 6.45) is 0.470. The lowest BCUT2D eigenvalue weighted by Crippen LogP contribution is -2.57. The van der Waals surface area contributed by atoms with Crippen LogP contribution in [0.15, 0.2) is 54.6 Å². The minimum absolute atomic E-state index is 0.0511. The van der Waals surface area contributed by atoms with Crippen LogP contribution in [0, 0.1) is 10.1 Å². The molecular formula is C28H36N6O8. The zero-order valence-corrected chi connectivity index (χ0v) is 23.4. The highest BCUT2D eigenvalue weighted by atomic mass is 16.6. The fraction of sp³-hybridized carbons (Fsp3) is 0.429. The molecule has 0 radical (unpaired) electrons. The number of alkyl carbamates (subject to hydrolysis) is 1. The van der Waals surface area contributed by atoms with E-state index < -0.39 is 41.0 Å². The van der Waals surface area contributed by atoms with E-state index in [2.05, 4.69) is 10.7 Å². The van der Waals surface area contributed by atoms with Crippen LogP contribution in [0.4, 0.5) is 15.3 Å². The van der Waals surface area contributed by atoms with E-state index in [1.807, 2.05) is 30.3 Å². The molecule has 4 N–H and O–H groups in total. The van der Waals surface area contributed by atoms with Crippen LogP contribution in [0.3, 0.4) is 0 Å². The molecule has 0 spiro atoms. The summed E-state index contributed by atoms with van der Waals surface area (Å²) in [5.74, 6) is -0.994. The number of nitrogens with two attached hydrogens (primary N) is 1. The van der Waals surface area contributed by atoms with Crippen molar-refractivity contribution < 1.29 is 33.6 Å². The average Bonchev–Trinajstić information content (AvgIpc) is 3.47. The number of rotatable bonds is 12. The van der Waals surface area contributed by atoms with Gasteiger partial charge in [0.1, 0.15) is 17.8 Å². The van der Waals surface area contributed by atoms with Crippen LogP contribution in [0.25, 0.3) is 0 Å². The smallest absolute Gasteiger partial charge is 0.434 e. The first-order chi connectivity index (χ1) is 20.2. The Morgan fingerprint density at radius 1 is 1.12 bits per heavy atom. The molecule has 42 heavy (non-hydrogen) atoms. The first-order valence-electron chi connectivity index (χ1n) is 13.8. The Bertz CT molecular complexity index is 1230. The molecule has 2 aromatic rings. The van der Waals surface area contributed by atoms with E-state index in [0.717, 1.165) is 10.6 Å². The molecule has 4 amide bonds. The Balaban J connectivity index is 1.73. The van der Waals surface area contributed by atoms with Gasteiger partial charge in [-0.25, -0.2) is 14.6 Å². The normalized spacial score (nSPS) is 14.9. The molecule has 1 aliphatic heterocycles. The Hall–Kier alpha value is -4.72. The highest BCUT2D eigenvalue weighted by Gasteiger charge is 2.39. The van der Waals surface area contributed by atoms with Crippen molar-refractivity contribution in [1.29, 1.82) is 0 Å². The maximum absolute atomic E-state index is 13.7. The summed E-state index contributed by atoms with van der Waals surface area (Å²) in [6.45, 7) is 2.52. The molecule has 2 aromatic carbocycles. The predicted molar refractivity (Wildman–Crippen MR) is 151 cm³/mol. The number of nitro benzene ring substituents is 1. The monoisotopic (exact) mass is 584 g/mol. The SMILES string of the molecule is CCOC(=O)N[C@H](Cc1ccccc1)C(=O)N1CCC[C@H]1C(=O)NN(CCCCN)C(=O)Oc1ccc([N+](=O)[O-])cc1. The van der Waals surface area contributed by atoms with Gasteiger partial charge in [0, 0.05) is 31.6 Å². The van der Waals surface area contributed by atoms with Gasteiger partial charge in [-0.2, -0.15) is 0 Å². The van der Waals surface area contributed by atoms with Crippen LogP contribution in [0.1, 0.15) is 38.2 Å². The van der Waals surface area contributed by atoms with Crippen LogP contribution in [-0.4, -0.2) is 77.2 Å². The minimum atomic E-state index is -0.979. The summed E-state index contributed by atoms with van der Waals surface area (Å²) in [5, 5.41) is 14.5. The molecule has 1 fully saturated rings. The number of nitro groups is 1. The second-order valence-electron chi connectivity index (χ2n) is 9.54. The average molecular weight is 585 g/mol. The Kier molecular flexibility index (Phi) is 12.0. The van der Waals surface area contributed by atoms with E-state index >= 15 is 0 Å². The molecule has 1 saturated heterocycles. The summed E-state index contributed by atoms with van der Waals surface area (Å²) >= 11 is 0. The lowest BCUT2D eigenvalue weighted by molar-refractivity contribution is -0.384. The molecule has 0 saturated carbocycles. The van der Waals surface area contributed by atoms with Crippen molar-refractivity contribution in [3.05, 3.63) is 70.3 Å². The van der Waals surface area contributed by atoms with Crippen LogP contribution in [0.5, 0.6) is 5.75 Å². The van der Waals surface area contributed by atoms with E-state index in [-0.39, 0.29) is 37.6 Å². The van der Waals surface area contributed by atoms with Crippen LogP contribution in [0.2, 0.25) is 0 Å². The fourth-order valence-electron chi connectivity index (χ4n) is 4.47. The van der Waals surface area contributed by atoms with Crippen LogP contribution in [-0.2, 0) is 20.7 Å². The maximum atomic E-state index is 13.7. The zero-order valence-electron chi connectivity index (χ0n) is 23.4. The number of likely N-dealkylation sites (tertiary alicyclic amines) is 1. The van der Waals surface area contributed by atoms with Gasteiger partial charge in [-0.3, -0.25) is 25.1 Å². The lowest BCUT2D eigenvalue weighted by Gasteiger charge is -2.30. The number of benzene rings is 2. The number of hydrazine groups is 1. The van der Waals surface area contributed by atoms with Crippen molar-refractivity contribution >= 4 is 29.7 Å². The number of nitrogens with zero attached hydrogens (tertiary/aromatic N) is 3. The summed E-state index contributed by atoms with van der Waals surface area (Å²) in [7, 11) is 0. The molecule has 226 valence electrons. The molecule has 14 nitrogen and oxygen atoms in total. The molecule has 0 aromatic heterocycles. The second-order valence-corrected chi connectivity index (χ2v) is 9.54. The Morgan fingerprint density at radius 3 is 2.48 bits per heavy atom. The number of hydrogen-bond donors (Lipinski definition) is 3. The number of unbranched alkanes of at least 4 members (excludes halogenated alkanes) is 1. The van der Waals surface area contributed by atoms with Crippen molar-refractivity contribution in [2.75, 3.05) is 26.2 Å². The fourth-order valence-corrected chi connectivity index (χ4v) is 4.47. The van der Waals surface area contributed by atoms with Crippen molar-refractivity contribution in [3.8, 4) is 5.75 Å². The van der Waals surface area contributed by atoms with E-state index in [0.29, 0.717) is 32.2 Å². The lowest BCUT2D eigenvalue weighted by atomic mass is 10.0. The van der Waals surface area contributed by atoms with Gasteiger partial charge in [-0.15, -0.1) is 0 Å². The van der Waals surface area contributed by atoms with Gasteiger partial charge in [-0.05, 0) is 56.8 Å².